The Morgan fingerprint density at radius 1 is 0.882 bits per heavy atom. The van der Waals surface area contributed by atoms with E-state index in [1.54, 1.807) is 7.11 Å². The SMILES string of the molecule is COc1ccc(COc2cc(COc3c(F)cc(B4OC(C)(C)C(C)(C)O4)cc3F)on2)cc1. The molecule has 180 valence electrons. The molecule has 0 aliphatic carbocycles. The van der Waals surface area contributed by atoms with Gasteiger partial charge in [0.05, 0.1) is 18.3 Å². The van der Waals surface area contributed by atoms with E-state index < -0.39 is 35.7 Å². The van der Waals surface area contributed by atoms with Crippen molar-refractivity contribution < 1.29 is 36.8 Å². The first kappa shape index (κ1) is 24.0. The molecule has 1 saturated heterocycles. The van der Waals surface area contributed by atoms with Crippen molar-refractivity contribution >= 4 is 12.6 Å². The predicted octanol–water partition coefficient (Wildman–Crippen LogP) is 4.42. The second-order valence-corrected chi connectivity index (χ2v) is 8.96. The number of benzene rings is 2. The van der Waals surface area contributed by atoms with Gasteiger partial charge in [0.15, 0.2) is 23.1 Å². The third-order valence-electron chi connectivity index (χ3n) is 5.99. The summed E-state index contributed by atoms with van der Waals surface area (Å²) in [6, 6.07) is 11.2. The minimum absolute atomic E-state index is 0.228. The number of halogens is 2. The molecule has 1 aromatic heterocycles. The van der Waals surface area contributed by atoms with Crippen LogP contribution in [0.4, 0.5) is 8.78 Å². The maximum atomic E-state index is 14.7. The number of rotatable bonds is 8. The number of methoxy groups -OCH3 is 1. The molecule has 1 aliphatic rings. The van der Waals surface area contributed by atoms with Crippen molar-refractivity contribution in [3.63, 3.8) is 0 Å². The van der Waals surface area contributed by atoms with Gasteiger partial charge >= 0.3 is 7.12 Å². The van der Waals surface area contributed by atoms with Gasteiger partial charge in [-0.1, -0.05) is 12.1 Å². The van der Waals surface area contributed by atoms with E-state index in [0.29, 0.717) is 0 Å². The molecule has 1 fully saturated rings. The summed E-state index contributed by atoms with van der Waals surface area (Å²) in [6.45, 7) is 7.49. The fourth-order valence-electron chi connectivity index (χ4n) is 3.29. The highest BCUT2D eigenvalue weighted by Gasteiger charge is 2.52. The van der Waals surface area contributed by atoms with E-state index in [1.807, 2.05) is 52.0 Å². The molecule has 0 radical (unpaired) electrons. The summed E-state index contributed by atoms with van der Waals surface area (Å²) in [5, 5.41) is 3.79. The molecule has 10 heteroatoms. The van der Waals surface area contributed by atoms with Gasteiger partial charge in [0.25, 0.3) is 5.88 Å². The Morgan fingerprint density at radius 2 is 1.50 bits per heavy atom. The molecular formula is C24H26BF2NO6. The average Bonchev–Trinajstić information content (AvgIpc) is 3.32. The van der Waals surface area contributed by atoms with Gasteiger partial charge in [-0.25, -0.2) is 8.78 Å². The third kappa shape index (κ3) is 5.02. The van der Waals surface area contributed by atoms with E-state index in [2.05, 4.69) is 5.16 Å². The van der Waals surface area contributed by atoms with Crippen LogP contribution >= 0.6 is 0 Å². The quantitative estimate of drug-likeness (QED) is 0.449. The first-order chi connectivity index (χ1) is 16.1. The normalized spacial score (nSPS) is 16.5. The molecular weight excluding hydrogens is 447 g/mol. The summed E-state index contributed by atoms with van der Waals surface area (Å²) in [5.74, 6) is -1.06. The highest BCUT2D eigenvalue weighted by atomic mass is 19.1. The fourth-order valence-corrected chi connectivity index (χ4v) is 3.29. The predicted molar refractivity (Wildman–Crippen MR) is 120 cm³/mol. The molecule has 2 heterocycles. The van der Waals surface area contributed by atoms with Crippen LogP contribution in [0.25, 0.3) is 0 Å². The lowest BCUT2D eigenvalue weighted by Crippen LogP contribution is -2.41. The lowest BCUT2D eigenvalue weighted by Gasteiger charge is -2.32. The highest BCUT2D eigenvalue weighted by Crippen LogP contribution is 2.37. The fraction of sp³-hybridized carbons (Fsp3) is 0.375. The van der Waals surface area contributed by atoms with E-state index in [-0.39, 0.29) is 30.3 Å². The zero-order valence-electron chi connectivity index (χ0n) is 19.7. The number of hydrogen-bond donors (Lipinski definition) is 0. The molecule has 0 N–H and O–H groups in total. The van der Waals surface area contributed by atoms with Crippen molar-refractivity contribution in [2.75, 3.05) is 7.11 Å². The summed E-state index contributed by atoms with van der Waals surface area (Å²) in [5.41, 5.74) is -0.110. The van der Waals surface area contributed by atoms with Crippen LogP contribution in [0.5, 0.6) is 17.4 Å². The van der Waals surface area contributed by atoms with Gasteiger partial charge in [0.2, 0.25) is 0 Å². The lowest BCUT2D eigenvalue weighted by atomic mass is 9.79. The topological polar surface area (TPSA) is 72.2 Å². The largest absolute Gasteiger partial charge is 0.497 e. The van der Waals surface area contributed by atoms with Gasteiger partial charge in [0, 0.05) is 6.07 Å². The Labute approximate surface area is 197 Å². The molecule has 0 saturated carbocycles. The first-order valence-corrected chi connectivity index (χ1v) is 10.8. The Morgan fingerprint density at radius 3 is 2.09 bits per heavy atom. The number of ether oxygens (including phenoxy) is 3. The van der Waals surface area contributed by atoms with Gasteiger partial charge in [-0.15, -0.1) is 0 Å². The van der Waals surface area contributed by atoms with Crippen LogP contribution in [-0.2, 0) is 22.5 Å². The zero-order valence-corrected chi connectivity index (χ0v) is 19.7. The van der Waals surface area contributed by atoms with E-state index in [9.17, 15) is 8.78 Å². The molecule has 3 aromatic rings. The zero-order chi connectivity index (χ0) is 24.5. The van der Waals surface area contributed by atoms with Crippen molar-refractivity contribution in [3.8, 4) is 17.4 Å². The second kappa shape index (κ2) is 9.27. The maximum Gasteiger partial charge on any atom is 0.495 e. The number of aromatic nitrogens is 1. The Bertz CT molecular complexity index is 1110. The van der Waals surface area contributed by atoms with E-state index >= 15 is 0 Å². The van der Waals surface area contributed by atoms with Crippen LogP contribution in [0, 0.1) is 11.6 Å². The smallest absolute Gasteiger partial charge is 0.495 e. The highest BCUT2D eigenvalue weighted by molar-refractivity contribution is 6.62. The van der Waals surface area contributed by atoms with Crippen LogP contribution in [0.2, 0.25) is 0 Å². The lowest BCUT2D eigenvalue weighted by molar-refractivity contribution is 0.00578. The minimum atomic E-state index is -0.886. The average molecular weight is 473 g/mol. The summed E-state index contributed by atoms with van der Waals surface area (Å²) in [4.78, 5) is 0. The summed E-state index contributed by atoms with van der Waals surface area (Å²) in [7, 11) is 0.707. The van der Waals surface area contributed by atoms with Crippen LogP contribution < -0.4 is 19.7 Å². The Hall–Kier alpha value is -3.11. The van der Waals surface area contributed by atoms with E-state index in [4.69, 9.17) is 28.0 Å². The maximum absolute atomic E-state index is 14.7. The Kier molecular flexibility index (Phi) is 6.55. The van der Waals surface area contributed by atoms with Crippen molar-refractivity contribution in [2.24, 2.45) is 0 Å². The van der Waals surface area contributed by atoms with Crippen molar-refractivity contribution in [2.45, 2.75) is 52.1 Å². The molecule has 0 bridgehead atoms. The molecule has 7 nitrogen and oxygen atoms in total. The molecule has 4 rings (SSSR count). The van der Waals surface area contributed by atoms with Gasteiger partial charge in [0.1, 0.15) is 19.0 Å². The minimum Gasteiger partial charge on any atom is -0.497 e. The molecule has 0 spiro atoms. The molecule has 34 heavy (non-hydrogen) atoms. The number of hydrogen-bond acceptors (Lipinski definition) is 7. The molecule has 0 amide bonds. The van der Waals surface area contributed by atoms with Crippen LogP contribution in [0.3, 0.4) is 0 Å². The van der Waals surface area contributed by atoms with Crippen molar-refractivity contribution in [1.29, 1.82) is 0 Å². The van der Waals surface area contributed by atoms with E-state index in [1.165, 1.54) is 6.07 Å². The van der Waals surface area contributed by atoms with Gasteiger partial charge in [-0.2, -0.15) is 0 Å². The third-order valence-corrected chi connectivity index (χ3v) is 5.99. The van der Waals surface area contributed by atoms with Gasteiger partial charge in [-0.3, -0.25) is 0 Å². The van der Waals surface area contributed by atoms with Crippen molar-refractivity contribution in [1.82, 2.24) is 5.16 Å². The first-order valence-electron chi connectivity index (χ1n) is 10.8. The standard InChI is InChI=1S/C24H26BF2NO6/c1-23(2)24(3,4)34-25(33-23)16-10-19(26)22(20(27)11-16)31-14-18-12-21(28-32-18)30-13-15-6-8-17(29-5)9-7-15/h6-12H,13-14H2,1-5H3. The molecule has 0 atom stereocenters. The second-order valence-electron chi connectivity index (χ2n) is 8.96. The monoisotopic (exact) mass is 473 g/mol. The molecule has 1 aliphatic heterocycles. The number of nitrogens with zero attached hydrogens (tertiary/aromatic N) is 1. The summed E-state index contributed by atoms with van der Waals surface area (Å²) in [6.07, 6.45) is 0. The van der Waals surface area contributed by atoms with E-state index in [0.717, 1.165) is 23.4 Å². The molecule has 2 aromatic carbocycles. The van der Waals surface area contributed by atoms with Crippen molar-refractivity contribution in [3.05, 3.63) is 65.4 Å². The van der Waals surface area contributed by atoms with Gasteiger partial charge < -0.3 is 28.0 Å². The van der Waals surface area contributed by atoms with Crippen LogP contribution in [0.15, 0.2) is 47.0 Å². The Balaban J connectivity index is 1.36. The van der Waals surface area contributed by atoms with Crippen LogP contribution in [0.1, 0.15) is 39.0 Å². The summed E-state index contributed by atoms with van der Waals surface area (Å²) >= 11 is 0. The molecule has 0 unspecified atom stereocenters. The summed E-state index contributed by atoms with van der Waals surface area (Å²) < 4.78 is 62.2. The van der Waals surface area contributed by atoms with Crippen LogP contribution in [-0.4, -0.2) is 30.6 Å². The van der Waals surface area contributed by atoms with Gasteiger partial charge in [-0.05, 0) is 68.1 Å².